The summed E-state index contributed by atoms with van der Waals surface area (Å²) in [6, 6.07) is 0. The number of rotatable bonds is 9. The van der Waals surface area contributed by atoms with Gasteiger partial charge in [0.2, 0.25) is 5.91 Å². The summed E-state index contributed by atoms with van der Waals surface area (Å²) >= 11 is 0. The quantitative estimate of drug-likeness (QED) is 0.349. The molecule has 0 aliphatic heterocycles. The Morgan fingerprint density at radius 2 is 2.00 bits per heavy atom. The molecule has 0 aromatic carbocycles. The third-order valence-electron chi connectivity index (χ3n) is 2.28. The molecule has 3 nitrogen and oxygen atoms in total. The van der Waals surface area contributed by atoms with Gasteiger partial charge in [-0.05, 0) is 26.0 Å². The standard InChI is InChI=1S/C12H24N2O/c1-4-6-7-8-9-10-13-11(3)14-12(15)5-2/h5,11,13H,2,4,6-10H2,1,3H3,(H,14,15). The minimum absolute atomic E-state index is 0.0293. The van der Waals surface area contributed by atoms with Gasteiger partial charge in [-0.3, -0.25) is 10.1 Å². The van der Waals surface area contributed by atoms with Crippen molar-refractivity contribution in [3.05, 3.63) is 12.7 Å². The first-order chi connectivity index (χ1) is 7.20. The van der Waals surface area contributed by atoms with Gasteiger partial charge in [0.25, 0.3) is 0 Å². The molecule has 2 N–H and O–H groups in total. The summed E-state index contributed by atoms with van der Waals surface area (Å²) in [7, 11) is 0. The SMILES string of the molecule is C=CC(=O)NC(C)NCCCCCCC. The Labute approximate surface area is 93.3 Å². The molecule has 0 fully saturated rings. The lowest BCUT2D eigenvalue weighted by atomic mass is 10.1. The van der Waals surface area contributed by atoms with Gasteiger partial charge >= 0.3 is 0 Å². The van der Waals surface area contributed by atoms with Crippen LogP contribution in [0.3, 0.4) is 0 Å². The van der Waals surface area contributed by atoms with Crippen LogP contribution in [0, 0.1) is 0 Å². The molecule has 1 unspecified atom stereocenters. The molecule has 15 heavy (non-hydrogen) atoms. The van der Waals surface area contributed by atoms with Gasteiger partial charge < -0.3 is 5.32 Å². The Balaban J connectivity index is 3.27. The summed E-state index contributed by atoms with van der Waals surface area (Å²) in [5.74, 6) is -0.124. The lowest BCUT2D eigenvalue weighted by Gasteiger charge is -2.14. The zero-order valence-electron chi connectivity index (χ0n) is 10.0. The second-order valence-corrected chi connectivity index (χ2v) is 3.80. The fourth-order valence-electron chi connectivity index (χ4n) is 1.37. The molecule has 1 atom stereocenters. The van der Waals surface area contributed by atoms with Gasteiger partial charge in [0.15, 0.2) is 0 Å². The molecule has 0 spiro atoms. The number of amides is 1. The molecule has 0 radical (unpaired) electrons. The Morgan fingerprint density at radius 3 is 2.60 bits per heavy atom. The van der Waals surface area contributed by atoms with Crippen molar-refractivity contribution >= 4 is 5.91 Å². The molecule has 3 heteroatoms. The first kappa shape index (κ1) is 14.2. The van der Waals surface area contributed by atoms with Crippen LogP contribution < -0.4 is 10.6 Å². The first-order valence-corrected chi connectivity index (χ1v) is 5.87. The van der Waals surface area contributed by atoms with E-state index in [9.17, 15) is 4.79 Å². The van der Waals surface area contributed by atoms with Crippen LogP contribution in [0.4, 0.5) is 0 Å². The van der Waals surface area contributed by atoms with Gasteiger partial charge in [-0.2, -0.15) is 0 Å². The van der Waals surface area contributed by atoms with E-state index in [4.69, 9.17) is 0 Å². The van der Waals surface area contributed by atoms with Gasteiger partial charge in [-0.25, -0.2) is 0 Å². The monoisotopic (exact) mass is 212 g/mol. The summed E-state index contributed by atoms with van der Waals surface area (Å²) in [5, 5.41) is 6.01. The number of carbonyl (C=O) groups excluding carboxylic acids is 1. The minimum Gasteiger partial charge on any atom is -0.338 e. The van der Waals surface area contributed by atoms with Crippen molar-refractivity contribution in [2.45, 2.75) is 52.1 Å². The van der Waals surface area contributed by atoms with Crippen molar-refractivity contribution in [3.8, 4) is 0 Å². The minimum atomic E-state index is -0.124. The maximum atomic E-state index is 10.9. The summed E-state index contributed by atoms with van der Waals surface area (Å²) in [6.45, 7) is 8.52. The molecule has 0 heterocycles. The van der Waals surface area contributed by atoms with Crippen LogP contribution in [-0.4, -0.2) is 18.6 Å². The third-order valence-corrected chi connectivity index (χ3v) is 2.28. The Hall–Kier alpha value is -0.830. The lowest BCUT2D eigenvalue weighted by Crippen LogP contribution is -2.42. The third kappa shape index (κ3) is 9.47. The Bertz CT molecular complexity index is 180. The molecule has 0 aromatic rings. The second-order valence-electron chi connectivity index (χ2n) is 3.80. The molecule has 0 rings (SSSR count). The number of unbranched alkanes of at least 4 members (excludes halogenated alkanes) is 4. The van der Waals surface area contributed by atoms with Crippen molar-refractivity contribution in [2.75, 3.05) is 6.54 Å². The van der Waals surface area contributed by atoms with E-state index < -0.39 is 0 Å². The van der Waals surface area contributed by atoms with E-state index in [2.05, 4.69) is 24.1 Å². The van der Waals surface area contributed by atoms with Crippen molar-refractivity contribution in [1.29, 1.82) is 0 Å². The van der Waals surface area contributed by atoms with Crippen LogP contribution in [0.5, 0.6) is 0 Å². The number of hydrogen-bond donors (Lipinski definition) is 2. The maximum absolute atomic E-state index is 10.9. The van der Waals surface area contributed by atoms with E-state index >= 15 is 0 Å². The molecule has 0 aromatic heterocycles. The lowest BCUT2D eigenvalue weighted by molar-refractivity contribution is -0.117. The Kier molecular flexibility index (Phi) is 9.18. The number of nitrogens with one attached hydrogen (secondary N) is 2. The smallest absolute Gasteiger partial charge is 0.244 e. The molecular formula is C12H24N2O. The molecule has 0 saturated heterocycles. The van der Waals surface area contributed by atoms with Crippen LogP contribution in [0.25, 0.3) is 0 Å². The van der Waals surface area contributed by atoms with Gasteiger partial charge in [-0.1, -0.05) is 39.2 Å². The van der Waals surface area contributed by atoms with E-state index in [1.54, 1.807) is 0 Å². The number of hydrogen-bond acceptors (Lipinski definition) is 2. The zero-order valence-corrected chi connectivity index (χ0v) is 10.0. The van der Waals surface area contributed by atoms with E-state index in [0.717, 1.165) is 6.54 Å². The molecule has 88 valence electrons. The average Bonchev–Trinajstić information content (AvgIpc) is 2.23. The topological polar surface area (TPSA) is 41.1 Å². The fraction of sp³-hybridized carbons (Fsp3) is 0.750. The summed E-state index contributed by atoms with van der Waals surface area (Å²) in [5.41, 5.74) is 0. The van der Waals surface area contributed by atoms with Crippen molar-refractivity contribution in [1.82, 2.24) is 10.6 Å². The van der Waals surface area contributed by atoms with E-state index in [1.165, 1.54) is 38.2 Å². The highest BCUT2D eigenvalue weighted by Crippen LogP contribution is 2.01. The molecule has 1 amide bonds. The summed E-state index contributed by atoms with van der Waals surface area (Å²) < 4.78 is 0. The van der Waals surface area contributed by atoms with Crippen LogP contribution in [0.1, 0.15) is 46.0 Å². The van der Waals surface area contributed by atoms with Gasteiger partial charge in [-0.15, -0.1) is 0 Å². The molecule has 0 bridgehead atoms. The van der Waals surface area contributed by atoms with E-state index in [1.807, 2.05) is 6.92 Å². The molecule has 0 saturated carbocycles. The highest BCUT2D eigenvalue weighted by atomic mass is 16.1. The van der Waals surface area contributed by atoms with Crippen LogP contribution in [0.2, 0.25) is 0 Å². The highest BCUT2D eigenvalue weighted by molar-refractivity contribution is 5.86. The van der Waals surface area contributed by atoms with E-state index in [-0.39, 0.29) is 12.1 Å². The highest BCUT2D eigenvalue weighted by Gasteiger charge is 2.01. The van der Waals surface area contributed by atoms with Crippen molar-refractivity contribution in [3.63, 3.8) is 0 Å². The van der Waals surface area contributed by atoms with Gasteiger partial charge in [0.05, 0.1) is 6.17 Å². The predicted molar refractivity (Wildman–Crippen MR) is 64.6 cm³/mol. The molecule has 0 aliphatic rings. The summed E-state index contributed by atoms with van der Waals surface area (Å²) in [4.78, 5) is 10.9. The normalized spacial score (nSPS) is 12.1. The second kappa shape index (κ2) is 9.71. The molecular weight excluding hydrogens is 188 g/mol. The fourth-order valence-corrected chi connectivity index (χ4v) is 1.37. The first-order valence-electron chi connectivity index (χ1n) is 5.87. The van der Waals surface area contributed by atoms with Crippen molar-refractivity contribution < 1.29 is 4.79 Å². The predicted octanol–water partition coefficient (Wildman–Crippen LogP) is 2.19. The maximum Gasteiger partial charge on any atom is 0.244 e. The van der Waals surface area contributed by atoms with Crippen LogP contribution in [-0.2, 0) is 4.79 Å². The molecule has 0 aliphatic carbocycles. The van der Waals surface area contributed by atoms with Crippen molar-refractivity contribution in [2.24, 2.45) is 0 Å². The van der Waals surface area contributed by atoms with Crippen LogP contribution in [0.15, 0.2) is 12.7 Å². The number of carbonyl (C=O) groups is 1. The average molecular weight is 212 g/mol. The Morgan fingerprint density at radius 1 is 1.33 bits per heavy atom. The summed E-state index contributed by atoms with van der Waals surface area (Å²) in [6.07, 6.45) is 7.67. The van der Waals surface area contributed by atoms with Gasteiger partial charge in [0.1, 0.15) is 0 Å². The van der Waals surface area contributed by atoms with Crippen LogP contribution >= 0.6 is 0 Å². The zero-order chi connectivity index (χ0) is 11.5. The van der Waals surface area contributed by atoms with E-state index in [0.29, 0.717) is 0 Å². The largest absolute Gasteiger partial charge is 0.338 e. The van der Waals surface area contributed by atoms with Gasteiger partial charge in [0, 0.05) is 0 Å².